The van der Waals surface area contributed by atoms with Crippen LogP contribution in [0.3, 0.4) is 0 Å². The van der Waals surface area contributed by atoms with E-state index in [9.17, 15) is 0 Å². The summed E-state index contributed by atoms with van der Waals surface area (Å²) in [5.74, 6) is 0. The topological polar surface area (TPSA) is 0 Å². The first kappa shape index (κ1) is 186. The maximum absolute atomic E-state index is 0. The third-order valence-electron chi connectivity index (χ3n) is 0. The van der Waals surface area contributed by atoms with Crippen LogP contribution >= 0.6 is 0 Å². The van der Waals surface area contributed by atoms with Crippen LogP contribution in [0.15, 0.2) is 0 Å². The molecule has 0 aliphatic carbocycles. The van der Waals surface area contributed by atoms with E-state index in [0.29, 0.717) is 0 Å². The Balaban J connectivity index is 0. The first-order valence-corrected chi connectivity index (χ1v) is 0. The minimum atomic E-state index is 0. The molecule has 0 saturated carbocycles. The van der Waals surface area contributed by atoms with Crippen LogP contribution < -0.4 is 0 Å². The molecular weight excluding hydrogens is 105 g/mol. The minimum Gasteiger partial charge on any atom is -1.00 e. The van der Waals surface area contributed by atoms with Crippen molar-refractivity contribution in [1.29, 1.82) is 0 Å². The maximum atomic E-state index is 0. The van der Waals surface area contributed by atoms with Gasteiger partial charge in [0.1, 0.15) is 0 Å². The van der Waals surface area contributed by atoms with Crippen molar-refractivity contribution >= 4 is 88.2 Å². The van der Waals surface area contributed by atoms with Gasteiger partial charge in [-0.15, -0.1) is 0 Å². The predicted molar refractivity (Wildman–Crippen MR) is 40.3 cm³/mol. The first-order valence-electron chi connectivity index (χ1n) is 0. The minimum absolute atomic E-state index is 0. The molecular formula is B6Ca-4. The van der Waals surface area contributed by atoms with Crippen molar-refractivity contribution in [3.05, 3.63) is 0 Å². The molecule has 0 amide bonds. The first-order chi connectivity index (χ1) is 0. The summed E-state index contributed by atoms with van der Waals surface area (Å²) in [5, 5.41) is 0. The Morgan fingerprint density at radius 2 is 0.286 bits per heavy atom. The third kappa shape index (κ3) is 89.7. The summed E-state index contributed by atoms with van der Waals surface area (Å²) >= 11 is 0. The van der Waals surface area contributed by atoms with Crippen LogP contribution in [0.5, 0.6) is 0 Å². The molecule has 0 atom stereocenters. The van der Waals surface area contributed by atoms with Gasteiger partial charge >= 0.3 is 37.7 Å². The van der Waals surface area contributed by atoms with E-state index in [0.717, 1.165) is 0 Å². The number of hydrogen-bond acceptors (Lipinski definition) is 0. The average molecular weight is 105 g/mol. The normalized spacial score (nSPS) is 0. The number of rotatable bonds is 0. The fourth-order valence-electron chi connectivity index (χ4n) is 0. The van der Waals surface area contributed by atoms with Crippen molar-refractivity contribution < 1.29 is 0 Å². The van der Waals surface area contributed by atoms with Crippen LogP contribution in [0.1, 0.15) is 0 Å². The van der Waals surface area contributed by atoms with Gasteiger partial charge in [-0.2, -0.15) is 0 Å². The molecule has 24 valence electrons. The zero-order valence-electron chi connectivity index (χ0n) is 4.17. The van der Waals surface area contributed by atoms with Gasteiger partial charge in [0.05, 0.1) is 0 Å². The van der Waals surface area contributed by atoms with Crippen LogP contribution in [0.25, 0.3) is 0 Å². The smallest absolute Gasteiger partial charge is 1.00 e. The van der Waals surface area contributed by atoms with E-state index in [4.69, 9.17) is 0 Å². The molecule has 24 radical (unpaired) electrons. The Morgan fingerprint density at radius 1 is 0.286 bits per heavy atom. The molecule has 0 nitrogen and oxygen atoms in total. The third-order valence-corrected chi connectivity index (χ3v) is 0. The fourth-order valence-corrected chi connectivity index (χ4v) is 0. The zero-order valence-corrected chi connectivity index (χ0v) is 6.38. The molecule has 0 aromatic rings. The molecule has 7 heteroatoms. The van der Waals surface area contributed by atoms with E-state index < -0.39 is 0 Å². The summed E-state index contributed by atoms with van der Waals surface area (Å²) in [5.41, 5.74) is 0. The van der Waals surface area contributed by atoms with Crippen LogP contribution in [0.4, 0.5) is 0 Å². The molecule has 0 aliphatic heterocycles. The number of hydrogen-bond donors (Lipinski definition) is 0. The van der Waals surface area contributed by atoms with Crippen molar-refractivity contribution in [2.75, 3.05) is 0 Å². The van der Waals surface area contributed by atoms with E-state index in [1.807, 2.05) is 0 Å². The molecule has 0 aliphatic rings. The summed E-state index contributed by atoms with van der Waals surface area (Å²) < 4.78 is 0. The molecule has 0 heterocycles. The second kappa shape index (κ2) is 124. The predicted octanol–water partition coefficient (Wildman–Crippen LogP) is -2.67. The molecule has 0 spiro atoms. The SMILES string of the molecule is [B-].[B-].[B-].[B-].[B-].[B-].[Ca+2]. The average Bonchev–Trinajstić information content (AvgIpc) is 0. The molecule has 0 rings (SSSR count). The Labute approximate surface area is 87.4 Å². The van der Waals surface area contributed by atoms with Gasteiger partial charge in [-0.1, -0.05) is 0 Å². The van der Waals surface area contributed by atoms with Gasteiger partial charge in [0.25, 0.3) is 0 Å². The summed E-state index contributed by atoms with van der Waals surface area (Å²) in [4.78, 5) is 0. The molecule has 0 aromatic carbocycles. The van der Waals surface area contributed by atoms with Crippen LogP contribution in [0.2, 0.25) is 0 Å². The van der Waals surface area contributed by atoms with Crippen LogP contribution in [0, 0.1) is 0 Å². The molecule has 0 aromatic heterocycles. The van der Waals surface area contributed by atoms with E-state index >= 15 is 0 Å². The van der Waals surface area contributed by atoms with E-state index in [1.165, 1.54) is 0 Å². The molecule has 7 heavy (non-hydrogen) atoms. The molecule has 0 N–H and O–H groups in total. The fraction of sp³-hybridized carbons (Fsp3) is 0. The van der Waals surface area contributed by atoms with E-state index in [2.05, 4.69) is 0 Å². The summed E-state index contributed by atoms with van der Waals surface area (Å²) in [6.45, 7) is 0. The van der Waals surface area contributed by atoms with Crippen molar-refractivity contribution in [3.63, 3.8) is 0 Å². The van der Waals surface area contributed by atoms with Crippen LogP contribution in [-0.4, -0.2) is 88.2 Å². The van der Waals surface area contributed by atoms with Crippen molar-refractivity contribution in [1.82, 2.24) is 0 Å². The van der Waals surface area contributed by atoms with Gasteiger partial charge in [0, 0.05) is 0 Å². The summed E-state index contributed by atoms with van der Waals surface area (Å²) in [7, 11) is 0. The molecule has 0 unspecified atom stereocenters. The zero-order chi connectivity index (χ0) is 0. The molecule has 0 fully saturated rings. The Bertz CT molecular complexity index is 4.14. The summed E-state index contributed by atoms with van der Waals surface area (Å²) in [6, 6.07) is 0. The van der Waals surface area contributed by atoms with E-state index in [1.54, 1.807) is 0 Å². The monoisotopic (exact) mass is 106 g/mol. The van der Waals surface area contributed by atoms with Gasteiger partial charge in [0.2, 0.25) is 0 Å². The Kier molecular flexibility index (Phi) is 3300. The van der Waals surface area contributed by atoms with E-state index in [-0.39, 0.29) is 88.2 Å². The maximum Gasteiger partial charge on any atom is 2.00 e. The van der Waals surface area contributed by atoms with Crippen molar-refractivity contribution in [2.45, 2.75) is 0 Å². The Morgan fingerprint density at radius 3 is 0.286 bits per heavy atom. The van der Waals surface area contributed by atoms with Gasteiger partial charge < -0.3 is 50.5 Å². The van der Waals surface area contributed by atoms with Gasteiger partial charge in [-0.3, -0.25) is 0 Å². The molecule has 0 bridgehead atoms. The van der Waals surface area contributed by atoms with Gasteiger partial charge in [0.15, 0.2) is 0 Å². The quantitative estimate of drug-likeness (QED) is 0.295. The van der Waals surface area contributed by atoms with Gasteiger partial charge in [-0.25, -0.2) is 0 Å². The van der Waals surface area contributed by atoms with Gasteiger partial charge in [-0.05, 0) is 0 Å². The largest absolute Gasteiger partial charge is 2.00 e. The second-order valence-electron chi connectivity index (χ2n) is 0. The standard InChI is InChI=1S/6B.Ca/q6*-1;+2. The van der Waals surface area contributed by atoms with Crippen molar-refractivity contribution in [3.8, 4) is 0 Å². The second-order valence-corrected chi connectivity index (χ2v) is 0. The Hall–Kier alpha value is 1.65. The summed E-state index contributed by atoms with van der Waals surface area (Å²) in [6.07, 6.45) is 0. The van der Waals surface area contributed by atoms with Crippen molar-refractivity contribution in [2.24, 2.45) is 0 Å². The van der Waals surface area contributed by atoms with Crippen LogP contribution in [-0.2, 0) is 0 Å². The molecule has 0 saturated heterocycles.